The van der Waals surface area contributed by atoms with Gasteiger partial charge in [-0.15, -0.1) is 24.0 Å². The molecule has 0 saturated heterocycles. The van der Waals surface area contributed by atoms with Crippen LogP contribution in [0.25, 0.3) is 0 Å². The van der Waals surface area contributed by atoms with Crippen LogP contribution in [0.2, 0.25) is 0 Å². The van der Waals surface area contributed by atoms with E-state index in [1.54, 1.807) is 12.5 Å². The van der Waals surface area contributed by atoms with E-state index in [0.29, 0.717) is 19.0 Å². The van der Waals surface area contributed by atoms with Crippen molar-refractivity contribution in [3.8, 4) is 0 Å². The number of aliphatic imine (C=N–C) groups is 1. The van der Waals surface area contributed by atoms with E-state index in [9.17, 15) is 0 Å². The van der Waals surface area contributed by atoms with Crippen molar-refractivity contribution in [2.75, 3.05) is 6.54 Å². The van der Waals surface area contributed by atoms with Crippen molar-refractivity contribution in [1.29, 1.82) is 0 Å². The molecular weight excluding hydrogens is 357 g/mol. The maximum atomic E-state index is 5.74. The Labute approximate surface area is 129 Å². The van der Waals surface area contributed by atoms with Crippen LogP contribution in [0.15, 0.2) is 40.2 Å². The zero-order valence-corrected chi connectivity index (χ0v) is 13.1. The molecule has 0 amide bonds. The number of imidazole rings is 1. The van der Waals surface area contributed by atoms with Crippen LogP contribution in [-0.2, 0) is 20.0 Å². The molecule has 0 unspecified atom stereocenters. The molecule has 0 saturated carbocycles. The highest BCUT2D eigenvalue weighted by atomic mass is 127. The molecule has 6 nitrogen and oxygen atoms in total. The van der Waals surface area contributed by atoms with Gasteiger partial charge in [-0.3, -0.25) is 0 Å². The van der Waals surface area contributed by atoms with Crippen molar-refractivity contribution < 1.29 is 4.42 Å². The molecule has 0 fully saturated rings. The van der Waals surface area contributed by atoms with Gasteiger partial charge in [-0.05, 0) is 12.1 Å². The van der Waals surface area contributed by atoms with E-state index in [1.165, 1.54) is 0 Å². The predicted molar refractivity (Wildman–Crippen MR) is 84.4 cm³/mol. The summed E-state index contributed by atoms with van der Waals surface area (Å²) in [4.78, 5) is 8.40. The maximum Gasteiger partial charge on any atom is 0.189 e. The van der Waals surface area contributed by atoms with Crippen molar-refractivity contribution in [3.05, 3.63) is 42.4 Å². The molecule has 0 radical (unpaired) electrons. The second-order valence-corrected chi connectivity index (χ2v) is 3.91. The molecular formula is C12H18IN5O. The van der Waals surface area contributed by atoms with Gasteiger partial charge in [0.1, 0.15) is 18.1 Å². The molecule has 2 aromatic rings. The van der Waals surface area contributed by atoms with E-state index in [1.807, 2.05) is 29.9 Å². The van der Waals surface area contributed by atoms with Crippen LogP contribution in [0.1, 0.15) is 11.6 Å². The van der Waals surface area contributed by atoms with Gasteiger partial charge < -0.3 is 20.0 Å². The Morgan fingerprint density at radius 1 is 1.58 bits per heavy atom. The summed E-state index contributed by atoms with van der Waals surface area (Å²) < 4.78 is 7.14. The van der Waals surface area contributed by atoms with E-state index in [0.717, 1.165) is 18.0 Å². The van der Waals surface area contributed by atoms with Crippen LogP contribution in [0.3, 0.4) is 0 Å². The molecule has 0 atom stereocenters. The highest BCUT2D eigenvalue weighted by Gasteiger charge is 1.99. The average molecular weight is 375 g/mol. The number of aromatic nitrogens is 2. The molecule has 2 heterocycles. The molecule has 0 bridgehead atoms. The summed E-state index contributed by atoms with van der Waals surface area (Å²) in [6.07, 6.45) is 6.13. The van der Waals surface area contributed by atoms with Gasteiger partial charge in [0.15, 0.2) is 5.96 Å². The van der Waals surface area contributed by atoms with Gasteiger partial charge in [0.2, 0.25) is 0 Å². The SMILES string of the molecule is Cn1ccnc1CCNC(N)=NCc1ccco1.I. The largest absolute Gasteiger partial charge is 0.467 e. The van der Waals surface area contributed by atoms with E-state index >= 15 is 0 Å². The summed E-state index contributed by atoms with van der Waals surface area (Å²) in [6.45, 7) is 1.16. The molecule has 0 aliphatic heterocycles. The van der Waals surface area contributed by atoms with E-state index in [2.05, 4.69) is 15.3 Å². The van der Waals surface area contributed by atoms with Crippen LogP contribution in [-0.4, -0.2) is 22.1 Å². The van der Waals surface area contributed by atoms with Crippen molar-refractivity contribution in [1.82, 2.24) is 14.9 Å². The van der Waals surface area contributed by atoms with Crippen LogP contribution in [0.5, 0.6) is 0 Å². The Balaban J connectivity index is 0.00000180. The number of guanidine groups is 1. The number of halogens is 1. The molecule has 3 N–H and O–H groups in total. The average Bonchev–Trinajstić information content (AvgIpc) is 2.99. The number of hydrogen-bond acceptors (Lipinski definition) is 3. The highest BCUT2D eigenvalue weighted by Crippen LogP contribution is 2.00. The maximum absolute atomic E-state index is 5.74. The van der Waals surface area contributed by atoms with Gasteiger partial charge in [0, 0.05) is 32.4 Å². The lowest BCUT2D eigenvalue weighted by Gasteiger charge is -2.05. The third-order valence-corrected chi connectivity index (χ3v) is 2.56. The Hall–Kier alpha value is -1.51. The van der Waals surface area contributed by atoms with Gasteiger partial charge in [-0.2, -0.15) is 0 Å². The van der Waals surface area contributed by atoms with E-state index < -0.39 is 0 Å². The number of nitrogens with one attached hydrogen (secondary N) is 1. The molecule has 104 valence electrons. The first-order chi connectivity index (χ1) is 8.75. The van der Waals surface area contributed by atoms with Gasteiger partial charge in [-0.25, -0.2) is 9.98 Å². The first-order valence-corrected chi connectivity index (χ1v) is 5.78. The summed E-state index contributed by atoms with van der Waals surface area (Å²) in [5.41, 5.74) is 5.74. The molecule has 7 heteroatoms. The number of nitrogens with two attached hydrogens (primary N) is 1. The fourth-order valence-electron chi connectivity index (χ4n) is 1.56. The minimum Gasteiger partial charge on any atom is -0.467 e. The summed E-state index contributed by atoms with van der Waals surface area (Å²) in [6, 6.07) is 3.69. The lowest BCUT2D eigenvalue weighted by atomic mass is 10.4. The Bertz CT molecular complexity index is 506. The molecule has 0 aliphatic carbocycles. The molecule has 19 heavy (non-hydrogen) atoms. The van der Waals surface area contributed by atoms with Crippen molar-refractivity contribution in [3.63, 3.8) is 0 Å². The zero-order chi connectivity index (χ0) is 12.8. The summed E-state index contributed by atoms with van der Waals surface area (Å²) in [5, 5.41) is 3.04. The van der Waals surface area contributed by atoms with Gasteiger partial charge in [0.05, 0.1) is 6.26 Å². The van der Waals surface area contributed by atoms with Crippen molar-refractivity contribution in [2.24, 2.45) is 17.8 Å². The standard InChI is InChI=1S/C12H17N5O.HI/c1-17-7-6-14-11(17)4-5-15-12(13)16-9-10-3-2-8-18-10;/h2-3,6-8H,4-5,9H2,1H3,(H3,13,15,16);1H. The third-order valence-electron chi connectivity index (χ3n) is 2.56. The van der Waals surface area contributed by atoms with E-state index in [4.69, 9.17) is 10.2 Å². The topological polar surface area (TPSA) is 81.4 Å². The minimum absolute atomic E-state index is 0. The summed E-state index contributed by atoms with van der Waals surface area (Å²) in [5.74, 6) is 2.23. The van der Waals surface area contributed by atoms with Gasteiger partial charge >= 0.3 is 0 Å². The monoisotopic (exact) mass is 375 g/mol. The fourth-order valence-corrected chi connectivity index (χ4v) is 1.56. The number of rotatable bonds is 5. The normalized spacial score (nSPS) is 11.1. The smallest absolute Gasteiger partial charge is 0.189 e. The van der Waals surface area contributed by atoms with Gasteiger partial charge in [-0.1, -0.05) is 0 Å². The second-order valence-electron chi connectivity index (χ2n) is 3.91. The highest BCUT2D eigenvalue weighted by molar-refractivity contribution is 14.0. The number of furan rings is 1. The van der Waals surface area contributed by atoms with Crippen LogP contribution in [0.4, 0.5) is 0 Å². The lowest BCUT2D eigenvalue weighted by Crippen LogP contribution is -2.33. The van der Waals surface area contributed by atoms with Crippen LogP contribution >= 0.6 is 24.0 Å². The quantitative estimate of drug-likeness (QED) is 0.469. The fraction of sp³-hybridized carbons (Fsp3) is 0.333. The zero-order valence-electron chi connectivity index (χ0n) is 10.7. The molecule has 2 rings (SSSR count). The molecule has 0 aliphatic rings. The first kappa shape index (κ1) is 15.5. The third kappa shape index (κ3) is 4.93. The molecule has 2 aromatic heterocycles. The van der Waals surface area contributed by atoms with Crippen LogP contribution < -0.4 is 11.1 Å². The number of aryl methyl sites for hydroxylation is 1. The predicted octanol–water partition coefficient (Wildman–Crippen LogP) is 1.28. The van der Waals surface area contributed by atoms with Crippen molar-refractivity contribution in [2.45, 2.75) is 13.0 Å². The summed E-state index contributed by atoms with van der Waals surface area (Å²) in [7, 11) is 1.97. The first-order valence-electron chi connectivity index (χ1n) is 5.78. The Morgan fingerprint density at radius 2 is 2.42 bits per heavy atom. The minimum atomic E-state index is 0. The molecule has 0 aromatic carbocycles. The second kappa shape index (κ2) is 7.82. The number of hydrogen-bond donors (Lipinski definition) is 2. The van der Waals surface area contributed by atoms with E-state index in [-0.39, 0.29) is 24.0 Å². The molecule has 0 spiro atoms. The van der Waals surface area contributed by atoms with Crippen LogP contribution in [0, 0.1) is 0 Å². The Kier molecular flexibility index (Phi) is 6.40. The Morgan fingerprint density at radius 3 is 3.05 bits per heavy atom. The summed E-state index contributed by atoms with van der Waals surface area (Å²) >= 11 is 0. The van der Waals surface area contributed by atoms with Crippen molar-refractivity contribution >= 4 is 29.9 Å². The number of nitrogens with zero attached hydrogens (tertiary/aromatic N) is 3. The van der Waals surface area contributed by atoms with Gasteiger partial charge in [0.25, 0.3) is 0 Å². The lowest BCUT2D eigenvalue weighted by molar-refractivity contribution is 0.512.